The lowest BCUT2D eigenvalue weighted by atomic mass is 10.2. The number of aromatic nitrogens is 1. The highest BCUT2D eigenvalue weighted by molar-refractivity contribution is 7.99. The molecule has 5 heteroatoms. The predicted octanol–water partition coefficient (Wildman–Crippen LogP) is 4.73. The van der Waals surface area contributed by atoms with Crippen LogP contribution in [0, 0.1) is 6.92 Å². The summed E-state index contributed by atoms with van der Waals surface area (Å²) < 4.78 is 1.11. The second kappa shape index (κ2) is 6.94. The summed E-state index contributed by atoms with van der Waals surface area (Å²) in [4.78, 5) is 17.7. The third kappa shape index (κ3) is 3.67. The van der Waals surface area contributed by atoms with Crippen molar-refractivity contribution in [2.45, 2.75) is 18.2 Å². The Morgan fingerprint density at radius 2 is 2.00 bits per heavy atom. The van der Waals surface area contributed by atoms with Gasteiger partial charge in [-0.1, -0.05) is 41.7 Å². The number of thioether (sulfide) groups is 1. The van der Waals surface area contributed by atoms with Gasteiger partial charge in [0.25, 0.3) is 0 Å². The van der Waals surface area contributed by atoms with E-state index < -0.39 is 0 Å². The monoisotopic (exact) mass is 328 g/mol. The Morgan fingerprint density at radius 3 is 2.77 bits per heavy atom. The van der Waals surface area contributed by atoms with E-state index in [1.54, 1.807) is 11.8 Å². The molecule has 1 N–H and O–H groups in total. The number of benzene rings is 2. The Hall–Kier alpha value is -1.85. The molecule has 3 rings (SSSR count). The zero-order chi connectivity index (χ0) is 15.4. The summed E-state index contributed by atoms with van der Waals surface area (Å²) in [6.07, 6.45) is 0.481. The SMILES string of the molecule is Cc1cccc2sc(NC(=O)CCSc3ccccc3)nc12. The van der Waals surface area contributed by atoms with E-state index in [2.05, 4.69) is 22.4 Å². The summed E-state index contributed by atoms with van der Waals surface area (Å²) in [6, 6.07) is 16.2. The average molecular weight is 328 g/mol. The number of aryl methyl sites for hydroxylation is 1. The molecule has 0 aliphatic carbocycles. The van der Waals surface area contributed by atoms with E-state index >= 15 is 0 Å². The molecule has 3 aromatic rings. The lowest BCUT2D eigenvalue weighted by Crippen LogP contribution is -2.11. The molecule has 0 radical (unpaired) electrons. The molecule has 1 aromatic heterocycles. The molecule has 0 saturated carbocycles. The minimum absolute atomic E-state index is 0.0140. The molecule has 0 atom stereocenters. The molecule has 0 unspecified atom stereocenters. The lowest BCUT2D eigenvalue weighted by molar-refractivity contribution is -0.115. The molecule has 22 heavy (non-hydrogen) atoms. The largest absolute Gasteiger partial charge is 0.302 e. The molecule has 2 aromatic carbocycles. The van der Waals surface area contributed by atoms with Crippen molar-refractivity contribution in [3.8, 4) is 0 Å². The van der Waals surface area contributed by atoms with Gasteiger partial charge >= 0.3 is 0 Å². The fourth-order valence-corrected chi connectivity index (χ4v) is 3.93. The van der Waals surface area contributed by atoms with E-state index in [1.165, 1.54) is 16.2 Å². The zero-order valence-corrected chi connectivity index (χ0v) is 13.8. The Morgan fingerprint density at radius 1 is 1.18 bits per heavy atom. The number of fused-ring (bicyclic) bond motifs is 1. The highest BCUT2D eigenvalue weighted by Crippen LogP contribution is 2.28. The number of hydrogen-bond acceptors (Lipinski definition) is 4. The number of nitrogens with zero attached hydrogens (tertiary/aromatic N) is 1. The van der Waals surface area contributed by atoms with Crippen LogP contribution in [0.2, 0.25) is 0 Å². The Kier molecular flexibility index (Phi) is 4.75. The van der Waals surface area contributed by atoms with Crippen LogP contribution in [0.25, 0.3) is 10.2 Å². The quantitative estimate of drug-likeness (QED) is 0.689. The van der Waals surface area contributed by atoms with Gasteiger partial charge in [0.2, 0.25) is 5.91 Å². The summed E-state index contributed by atoms with van der Waals surface area (Å²) in [6.45, 7) is 2.03. The number of rotatable bonds is 5. The van der Waals surface area contributed by atoms with Gasteiger partial charge in [-0.2, -0.15) is 0 Å². The smallest absolute Gasteiger partial charge is 0.226 e. The van der Waals surface area contributed by atoms with Crippen molar-refractivity contribution >= 4 is 44.4 Å². The number of carbonyl (C=O) groups is 1. The van der Waals surface area contributed by atoms with Crippen molar-refractivity contribution in [3.05, 3.63) is 54.1 Å². The lowest BCUT2D eigenvalue weighted by Gasteiger charge is -2.02. The second-order valence-corrected chi connectivity index (χ2v) is 7.10. The van der Waals surface area contributed by atoms with E-state index in [0.29, 0.717) is 11.6 Å². The van der Waals surface area contributed by atoms with Gasteiger partial charge in [0.05, 0.1) is 10.2 Å². The molecule has 0 saturated heterocycles. The van der Waals surface area contributed by atoms with E-state index in [0.717, 1.165) is 21.5 Å². The van der Waals surface area contributed by atoms with Gasteiger partial charge in [0.15, 0.2) is 5.13 Å². The van der Waals surface area contributed by atoms with E-state index in [9.17, 15) is 4.79 Å². The first-order chi connectivity index (χ1) is 10.7. The number of anilines is 1. The molecule has 0 aliphatic rings. The van der Waals surface area contributed by atoms with E-state index in [-0.39, 0.29) is 5.91 Å². The number of carbonyl (C=O) groups excluding carboxylic acids is 1. The number of hydrogen-bond donors (Lipinski definition) is 1. The Bertz CT molecular complexity index is 784. The summed E-state index contributed by atoms with van der Waals surface area (Å²) in [5.74, 6) is 0.778. The van der Waals surface area contributed by atoms with Crippen LogP contribution >= 0.6 is 23.1 Å². The second-order valence-electron chi connectivity index (χ2n) is 4.90. The molecular weight excluding hydrogens is 312 g/mol. The van der Waals surface area contributed by atoms with Crippen LogP contribution in [0.1, 0.15) is 12.0 Å². The molecule has 0 bridgehead atoms. The first-order valence-corrected chi connectivity index (χ1v) is 8.86. The van der Waals surface area contributed by atoms with Crippen LogP contribution in [-0.2, 0) is 4.79 Å². The minimum Gasteiger partial charge on any atom is -0.302 e. The Balaban J connectivity index is 1.55. The summed E-state index contributed by atoms with van der Waals surface area (Å²) in [5.41, 5.74) is 2.11. The van der Waals surface area contributed by atoms with Crippen LogP contribution < -0.4 is 5.32 Å². The standard InChI is InChI=1S/C17H16N2OS2/c1-12-6-5-9-14-16(12)19-17(22-14)18-15(20)10-11-21-13-7-3-2-4-8-13/h2-9H,10-11H2,1H3,(H,18,19,20). The van der Waals surface area contributed by atoms with E-state index in [1.807, 2.05) is 43.3 Å². The van der Waals surface area contributed by atoms with Crippen molar-refractivity contribution in [2.24, 2.45) is 0 Å². The number of amides is 1. The van der Waals surface area contributed by atoms with Gasteiger partial charge in [0.1, 0.15) is 0 Å². The number of thiazole rings is 1. The van der Waals surface area contributed by atoms with Gasteiger partial charge in [-0.3, -0.25) is 4.79 Å². The number of nitrogens with one attached hydrogen (secondary N) is 1. The maximum atomic E-state index is 12.0. The van der Waals surface area contributed by atoms with Crippen LogP contribution in [-0.4, -0.2) is 16.6 Å². The van der Waals surface area contributed by atoms with Crippen LogP contribution in [0.4, 0.5) is 5.13 Å². The van der Waals surface area contributed by atoms with Crippen molar-refractivity contribution in [2.75, 3.05) is 11.1 Å². The molecule has 1 heterocycles. The molecule has 0 aliphatic heterocycles. The molecule has 0 spiro atoms. The van der Waals surface area contributed by atoms with Gasteiger partial charge in [0, 0.05) is 17.1 Å². The van der Waals surface area contributed by atoms with Crippen LogP contribution in [0.3, 0.4) is 0 Å². The predicted molar refractivity (Wildman–Crippen MR) is 94.8 cm³/mol. The first-order valence-electron chi connectivity index (χ1n) is 7.06. The molecule has 1 amide bonds. The third-order valence-electron chi connectivity index (χ3n) is 3.21. The summed E-state index contributed by atoms with van der Waals surface area (Å²) in [5, 5.41) is 3.58. The normalized spacial score (nSPS) is 10.8. The van der Waals surface area contributed by atoms with Gasteiger partial charge in [-0.05, 0) is 30.7 Å². The summed E-state index contributed by atoms with van der Waals surface area (Å²) in [7, 11) is 0. The van der Waals surface area contributed by atoms with Crippen LogP contribution in [0.15, 0.2) is 53.4 Å². The van der Waals surface area contributed by atoms with Gasteiger partial charge < -0.3 is 5.32 Å². The number of para-hydroxylation sites is 1. The highest BCUT2D eigenvalue weighted by Gasteiger charge is 2.09. The summed E-state index contributed by atoms with van der Waals surface area (Å²) >= 11 is 3.21. The highest BCUT2D eigenvalue weighted by atomic mass is 32.2. The first kappa shape index (κ1) is 15.1. The van der Waals surface area contributed by atoms with Gasteiger partial charge in [-0.15, -0.1) is 11.8 Å². The van der Waals surface area contributed by atoms with Crippen molar-refractivity contribution < 1.29 is 4.79 Å². The third-order valence-corrected chi connectivity index (χ3v) is 5.16. The van der Waals surface area contributed by atoms with Crippen molar-refractivity contribution in [3.63, 3.8) is 0 Å². The molecule has 112 valence electrons. The molecular formula is C17H16N2OS2. The van der Waals surface area contributed by atoms with Crippen molar-refractivity contribution in [1.82, 2.24) is 4.98 Å². The maximum absolute atomic E-state index is 12.0. The van der Waals surface area contributed by atoms with E-state index in [4.69, 9.17) is 0 Å². The molecule has 0 fully saturated rings. The van der Waals surface area contributed by atoms with Crippen LogP contribution in [0.5, 0.6) is 0 Å². The average Bonchev–Trinajstić information content (AvgIpc) is 2.92. The minimum atomic E-state index is 0.0140. The topological polar surface area (TPSA) is 42.0 Å². The Labute approximate surface area is 137 Å². The van der Waals surface area contributed by atoms with Gasteiger partial charge in [-0.25, -0.2) is 4.98 Å². The zero-order valence-electron chi connectivity index (χ0n) is 12.2. The fourth-order valence-electron chi connectivity index (χ4n) is 2.10. The van der Waals surface area contributed by atoms with Crippen molar-refractivity contribution in [1.29, 1.82) is 0 Å². The fraction of sp³-hybridized carbons (Fsp3) is 0.176. The molecule has 3 nitrogen and oxygen atoms in total. The maximum Gasteiger partial charge on any atom is 0.226 e.